The molecule has 4 nitrogen and oxygen atoms in total. The molecule has 0 radical (unpaired) electrons. The zero-order chi connectivity index (χ0) is 15.5. The summed E-state index contributed by atoms with van der Waals surface area (Å²) in [4.78, 5) is 14.6. The number of benzene rings is 1. The molecule has 120 valence electrons. The fourth-order valence-corrected chi connectivity index (χ4v) is 3.66. The Balaban J connectivity index is 1.50. The summed E-state index contributed by atoms with van der Waals surface area (Å²) in [5, 5.41) is 12.4. The molecule has 1 aliphatic heterocycles. The molecule has 1 atom stereocenters. The largest absolute Gasteiger partial charge is 0.504 e. The Morgan fingerprint density at radius 2 is 2.09 bits per heavy atom. The van der Waals surface area contributed by atoms with E-state index < -0.39 is 17.5 Å². The number of halogens is 1. The smallest absolute Gasteiger partial charge is 0.255 e. The van der Waals surface area contributed by atoms with Crippen LogP contribution in [0.4, 0.5) is 4.39 Å². The first-order chi connectivity index (χ1) is 10.6. The van der Waals surface area contributed by atoms with E-state index in [0.717, 1.165) is 31.6 Å². The Kier molecular flexibility index (Phi) is 4.62. The average Bonchev–Trinajstić information content (AvgIpc) is 3.18. The van der Waals surface area contributed by atoms with Crippen molar-refractivity contribution in [3.8, 4) is 5.75 Å². The molecule has 5 heteroatoms. The van der Waals surface area contributed by atoms with Gasteiger partial charge in [0.15, 0.2) is 11.6 Å². The highest BCUT2D eigenvalue weighted by molar-refractivity contribution is 5.96. The summed E-state index contributed by atoms with van der Waals surface area (Å²) in [5.74, 6) is -1.29. The van der Waals surface area contributed by atoms with Crippen molar-refractivity contribution in [1.82, 2.24) is 10.2 Å². The Morgan fingerprint density at radius 3 is 2.86 bits per heavy atom. The third-order valence-electron chi connectivity index (χ3n) is 4.94. The van der Waals surface area contributed by atoms with Crippen molar-refractivity contribution in [3.05, 3.63) is 29.6 Å². The van der Waals surface area contributed by atoms with Crippen molar-refractivity contribution >= 4 is 5.91 Å². The third-order valence-corrected chi connectivity index (χ3v) is 4.94. The van der Waals surface area contributed by atoms with Crippen LogP contribution in [0.25, 0.3) is 0 Å². The first-order valence-corrected chi connectivity index (χ1v) is 8.15. The van der Waals surface area contributed by atoms with Gasteiger partial charge in [0.1, 0.15) is 0 Å². The van der Waals surface area contributed by atoms with E-state index in [0.29, 0.717) is 12.5 Å². The van der Waals surface area contributed by atoms with Gasteiger partial charge in [-0.3, -0.25) is 4.79 Å². The number of amides is 1. The van der Waals surface area contributed by atoms with Crippen LogP contribution in [0.5, 0.6) is 5.75 Å². The van der Waals surface area contributed by atoms with Crippen molar-refractivity contribution in [3.63, 3.8) is 0 Å². The summed E-state index contributed by atoms with van der Waals surface area (Å²) in [5.41, 5.74) is 0.00523. The molecule has 0 spiro atoms. The van der Waals surface area contributed by atoms with Crippen LogP contribution in [0.2, 0.25) is 0 Å². The molecular weight excluding hydrogens is 283 g/mol. The van der Waals surface area contributed by atoms with Gasteiger partial charge < -0.3 is 15.3 Å². The lowest BCUT2D eigenvalue weighted by Crippen LogP contribution is -2.34. The molecule has 0 bridgehead atoms. The maximum Gasteiger partial charge on any atom is 0.255 e. The van der Waals surface area contributed by atoms with Crippen LogP contribution < -0.4 is 5.32 Å². The lowest BCUT2D eigenvalue weighted by molar-refractivity contribution is 0.0943. The highest BCUT2D eigenvalue weighted by atomic mass is 19.1. The Labute approximate surface area is 130 Å². The number of phenolic OH excluding ortho intramolecular Hbond substituents is 1. The molecule has 1 amide bonds. The second-order valence-electron chi connectivity index (χ2n) is 6.43. The zero-order valence-corrected chi connectivity index (χ0v) is 12.7. The van der Waals surface area contributed by atoms with Gasteiger partial charge in [-0.1, -0.05) is 18.9 Å². The molecule has 2 fully saturated rings. The van der Waals surface area contributed by atoms with Crippen LogP contribution in [-0.2, 0) is 0 Å². The normalized spacial score (nSPS) is 23.0. The first kappa shape index (κ1) is 15.3. The van der Waals surface area contributed by atoms with Gasteiger partial charge in [-0.15, -0.1) is 0 Å². The topological polar surface area (TPSA) is 52.6 Å². The lowest BCUT2D eigenvalue weighted by Gasteiger charge is -2.23. The van der Waals surface area contributed by atoms with Gasteiger partial charge in [-0.2, -0.15) is 0 Å². The average molecular weight is 306 g/mol. The SMILES string of the molecule is O=C(NC[C@@H]1CCN(C2CCCC2)C1)c1cccc(F)c1O. The molecule has 1 saturated heterocycles. The van der Waals surface area contributed by atoms with Gasteiger partial charge in [-0.05, 0) is 43.9 Å². The molecule has 3 rings (SSSR count). The van der Waals surface area contributed by atoms with Crippen molar-refractivity contribution in [2.24, 2.45) is 5.92 Å². The van der Waals surface area contributed by atoms with Gasteiger partial charge in [0.05, 0.1) is 5.56 Å². The van der Waals surface area contributed by atoms with E-state index in [1.54, 1.807) is 0 Å². The predicted molar refractivity (Wildman–Crippen MR) is 82.3 cm³/mol. The lowest BCUT2D eigenvalue weighted by atomic mass is 10.1. The fraction of sp³-hybridized carbons (Fsp3) is 0.588. The molecule has 1 aliphatic carbocycles. The van der Waals surface area contributed by atoms with Gasteiger partial charge in [0.25, 0.3) is 5.91 Å². The molecule has 2 aliphatic rings. The van der Waals surface area contributed by atoms with Gasteiger partial charge in [-0.25, -0.2) is 4.39 Å². The first-order valence-electron chi connectivity index (χ1n) is 8.15. The molecule has 1 aromatic rings. The molecule has 0 aromatic heterocycles. The van der Waals surface area contributed by atoms with E-state index in [1.807, 2.05) is 0 Å². The number of nitrogens with one attached hydrogen (secondary N) is 1. The van der Waals surface area contributed by atoms with Gasteiger partial charge in [0.2, 0.25) is 0 Å². The number of nitrogens with zero attached hydrogens (tertiary/aromatic N) is 1. The summed E-state index contributed by atoms with van der Waals surface area (Å²) in [7, 11) is 0. The quantitative estimate of drug-likeness (QED) is 0.899. The van der Waals surface area contributed by atoms with Crippen LogP contribution in [0.15, 0.2) is 18.2 Å². The number of carbonyl (C=O) groups excluding carboxylic acids is 1. The molecule has 1 heterocycles. The molecule has 22 heavy (non-hydrogen) atoms. The Bertz CT molecular complexity index is 543. The Morgan fingerprint density at radius 1 is 1.32 bits per heavy atom. The Hall–Kier alpha value is -1.62. The van der Waals surface area contributed by atoms with E-state index in [2.05, 4.69) is 10.2 Å². The van der Waals surface area contributed by atoms with Crippen molar-refractivity contribution in [2.45, 2.75) is 38.1 Å². The van der Waals surface area contributed by atoms with E-state index >= 15 is 0 Å². The van der Waals surface area contributed by atoms with E-state index in [1.165, 1.54) is 37.8 Å². The van der Waals surface area contributed by atoms with Crippen LogP contribution in [0.3, 0.4) is 0 Å². The third kappa shape index (κ3) is 3.24. The highest BCUT2D eigenvalue weighted by Crippen LogP contribution is 2.28. The van der Waals surface area contributed by atoms with Crippen molar-refractivity contribution in [1.29, 1.82) is 0 Å². The van der Waals surface area contributed by atoms with Gasteiger partial charge in [0, 0.05) is 19.1 Å². The number of carbonyl (C=O) groups is 1. The minimum absolute atomic E-state index is 0.00523. The molecule has 2 N–H and O–H groups in total. The summed E-state index contributed by atoms with van der Waals surface area (Å²) in [6.45, 7) is 2.72. The predicted octanol–water partition coefficient (Wildman–Crippen LogP) is 2.53. The van der Waals surface area contributed by atoms with Crippen molar-refractivity contribution < 1.29 is 14.3 Å². The standard InChI is InChI=1S/C17H23FN2O2/c18-15-7-3-6-14(16(15)21)17(22)19-10-12-8-9-20(11-12)13-4-1-2-5-13/h3,6-7,12-13,21H,1-2,4-5,8-11H2,(H,19,22)/t12-/m0/s1. The van der Waals surface area contributed by atoms with Crippen molar-refractivity contribution in [2.75, 3.05) is 19.6 Å². The summed E-state index contributed by atoms with van der Waals surface area (Å²) in [6.07, 6.45) is 6.36. The zero-order valence-electron chi connectivity index (χ0n) is 12.7. The number of hydrogen-bond acceptors (Lipinski definition) is 3. The monoisotopic (exact) mass is 306 g/mol. The van der Waals surface area contributed by atoms with Crippen LogP contribution in [0.1, 0.15) is 42.5 Å². The number of aromatic hydroxyl groups is 1. The summed E-state index contributed by atoms with van der Waals surface area (Å²) < 4.78 is 13.3. The maximum absolute atomic E-state index is 13.3. The second kappa shape index (κ2) is 6.65. The van der Waals surface area contributed by atoms with Crippen LogP contribution >= 0.6 is 0 Å². The van der Waals surface area contributed by atoms with Crippen LogP contribution in [0, 0.1) is 11.7 Å². The second-order valence-corrected chi connectivity index (χ2v) is 6.43. The molecule has 0 unspecified atom stereocenters. The van der Waals surface area contributed by atoms with E-state index in [4.69, 9.17) is 0 Å². The summed E-state index contributed by atoms with van der Waals surface area (Å²) in [6, 6.07) is 4.74. The van der Waals surface area contributed by atoms with E-state index in [9.17, 15) is 14.3 Å². The summed E-state index contributed by atoms with van der Waals surface area (Å²) >= 11 is 0. The maximum atomic E-state index is 13.3. The number of rotatable bonds is 4. The molecule has 1 saturated carbocycles. The molecule has 1 aromatic carbocycles. The minimum atomic E-state index is -0.763. The number of hydrogen-bond donors (Lipinski definition) is 2. The highest BCUT2D eigenvalue weighted by Gasteiger charge is 2.30. The fourth-order valence-electron chi connectivity index (χ4n) is 3.66. The van der Waals surface area contributed by atoms with Gasteiger partial charge >= 0.3 is 0 Å². The number of phenols is 1. The number of likely N-dealkylation sites (tertiary alicyclic amines) is 1. The van der Waals surface area contributed by atoms with Crippen LogP contribution in [-0.4, -0.2) is 41.6 Å². The molecular formula is C17H23FN2O2. The minimum Gasteiger partial charge on any atom is -0.504 e. The van der Waals surface area contributed by atoms with E-state index in [-0.39, 0.29) is 5.56 Å². The number of para-hydroxylation sites is 1.